The molecule has 1 saturated heterocycles. The van der Waals surface area contributed by atoms with E-state index in [1.165, 1.54) is 25.7 Å². The molecule has 1 aliphatic heterocycles. The third kappa shape index (κ3) is 4.20. The predicted octanol–water partition coefficient (Wildman–Crippen LogP) is 1.91. The highest BCUT2D eigenvalue weighted by atomic mass is 16.2. The summed E-state index contributed by atoms with van der Waals surface area (Å²) in [5.74, 6) is 0.152. The average molecular weight is 212 g/mol. The second-order valence-corrected chi connectivity index (χ2v) is 4.43. The smallest absolute Gasteiger partial charge is 0.239 e. The Morgan fingerprint density at radius 2 is 1.80 bits per heavy atom. The molecule has 88 valence electrons. The minimum atomic E-state index is -0.261. The first-order chi connectivity index (χ1) is 7.25. The molecule has 0 aromatic carbocycles. The van der Waals surface area contributed by atoms with E-state index in [9.17, 15) is 4.79 Å². The van der Waals surface area contributed by atoms with Gasteiger partial charge >= 0.3 is 0 Å². The minimum absolute atomic E-state index is 0.152. The summed E-state index contributed by atoms with van der Waals surface area (Å²) in [4.78, 5) is 13.8. The van der Waals surface area contributed by atoms with Crippen LogP contribution in [0, 0.1) is 0 Å². The van der Waals surface area contributed by atoms with Crippen molar-refractivity contribution in [2.45, 2.75) is 57.9 Å². The van der Waals surface area contributed by atoms with Crippen molar-refractivity contribution in [1.82, 2.24) is 4.90 Å². The number of carbonyl (C=O) groups is 1. The Bertz CT molecular complexity index is 194. The summed E-state index contributed by atoms with van der Waals surface area (Å²) in [6.07, 6.45) is 8.17. The Kier molecular flexibility index (Phi) is 5.69. The van der Waals surface area contributed by atoms with Crippen LogP contribution in [0.2, 0.25) is 0 Å². The highest BCUT2D eigenvalue weighted by Crippen LogP contribution is 2.12. The SMILES string of the molecule is CCN1CCCCCCCCC(N)C1=O. The summed E-state index contributed by atoms with van der Waals surface area (Å²) in [7, 11) is 0. The van der Waals surface area contributed by atoms with Crippen LogP contribution in [0.4, 0.5) is 0 Å². The van der Waals surface area contributed by atoms with Gasteiger partial charge in [-0.15, -0.1) is 0 Å². The molecular weight excluding hydrogens is 188 g/mol. The van der Waals surface area contributed by atoms with Crippen LogP contribution in [-0.2, 0) is 4.79 Å². The Morgan fingerprint density at radius 3 is 2.47 bits per heavy atom. The maximum absolute atomic E-state index is 11.9. The van der Waals surface area contributed by atoms with Gasteiger partial charge in [0.2, 0.25) is 5.91 Å². The molecule has 0 spiro atoms. The van der Waals surface area contributed by atoms with E-state index in [0.29, 0.717) is 0 Å². The number of amides is 1. The summed E-state index contributed by atoms with van der Waals surface area (Å²) in [5.41, 5.74) is 5.89. The number of nitrogens with zero attached hydrogens (tertiary/aromatic N) is 1. The van der Waals surface area contributed by atoms with Crippen LogP contribution in [0.1, 0.15) is 51.9 Å². The Balaban J connectivity index is 2.51. The van der Waals surface area contributed by atoms with Gasteiger partial charge in [0.25, 0.3) is 0 Å². The molecule has 0 bridgehead atoms. The molecule has 0 radical (unpaired) electrons. The lowest BCUT2D eigenvalue weighted by Crippen LogP contribution is -2.44. The molecule has 3 heteroatoms. The summed E-state index contributed by atoms with van der Waals surface area (Å²) >= 11 is 0. The van der Waals surface area contributed by atoms with E-state index in [2.05, 4.69) is 0 Å². The molecule has 0 aromatic heterocycles. The fourth-order valence-corrected chi connectivity index (χ4v) is 2.16. The highest BCUT2D eigenvalue weighted by Gasteiger charge is 2.19. The molecule has 1 atom stereocenters. The monoisotopic (exact) mass is 212 g/mol. The van der Waals surface area contributed by atoms with Crippen molar-refractivity contribution in [3.05, 3.63) is 0 Å². The molecule has 15 heavy (non-hydrogen) atoms. The van der Waals surface area contributed by atoms with Gasteiger partial charge in [-0.05, 0) is 19.8 Å². The van der Waals surface area contributed by atoms with Crippen LogP contribution in [0.5, 0.6) is 0 Å². The predicted molar refractivity (Wildman–Crippen MR) is 62.5 cm³/mol. The van der Waals surface area contributed by atoms with E-state index in [1.807, 2.05) is 11.8 Å². The molecule has 1 fully saturated rings. The topological polar surface area (TPSA) is 46.3 Å². The third-order valence-corrected chi connectivity index (χ3v) is 3.20. The fourth-order valence-electron chi connectivity index (χ4n) is 2.16. The van der Waals surface area contributed by atoms with Crippen LogP contribution in [0.25, 0.3) is 0 Å². The Hall–Kier alpha value is -0.570. The summed E-state index contributed by atoms with van der Waals surface area (Å²) in [6, 6.07) is -0.261. The van der Waals surface area contributed by atoms with Gasteiger partial charge in [0.15, 0.2) is 0 Å². The van der Waals surface area contributed by atoms with Gasteiger partial charge in [-0.3, -0.25) is 4.79 Å². The molecule has 0 aliphatic carbocycles. The van der Waals surface area contributed by atoms with Crippen molar-refractivity contribution in [3.63, 3.8) is 0 Å². The Morgan fingerprint density at radius 1 is 1.20 bits per heavy atom. The zero-order chi connectivity index (χ0) is 11.1. The molecule has 1 heterocycles. The summed E-state index contributed by atoms with van der Waals surface area (Å²) in [5, 5.41) is 0. The molecule has 3 nitrogen and oxygen atoms in total. The van der Waals surface area contributed by atoms with Gasteiger partial charge in [-0.2, -0.15) is 0 Å². The van der Waals surface area contributed by atoms with Gasteiger partial charge in [-0.1, -0.05) is 32.1 Å². The van der Waals surface area contributed by atoms with Crippen molar-refractivity contribution in [2.24, 2.45) is 5.73 Å². The van der Waals surface area contributed by atoms with E-state index < -0.39 is 0 Å². The number of rotatable bonds is 1. The number of carbonyl (C=O) groups excluding carboxylic acids is 1. The molecule has 1 amide bonds. The van der Waals surface area contributed by atoms with E-state index in [1.54, 1.807) is 0 Å². The molecule has 1 unspecified atom stereocenters. The normalized spacial score (nSPS) is 26.1. The lowest BCUT2D eigenvalue weighted by Gasteiger charge is -2.23. The Labute approximate surface area is 93.0 Å². The average Bonchev–Trinajstić information content (AvgIpc) is 2.28. The second-order valence-electron chi connectivity index (χ2n) is 4.43. The van der Waals surface area contributed by atoms with Crippen LogP contribution in [-0.4, -0.2) is 29.9 Å². The largest absolute Gasteiger partial charge is 0.342 e. The maximum atomic E-state index is 11.9. The second kappa shape index (κ2) is 6.83. The first-order valence-electron chi connectivity index (χ1n) is 6.30. The number of hydrogen-bond acceptors (Lipinski definition) is 2. The fraction of sp³-hybridized carbons (Fsp3) is 0.917. The van der Waals surface area contributed by atoms with E-state index in [-0.39, 0.29) is 11.9 Å². The van der Waals surface area contributed by atoms with Gasteiger partial charge in [0.05, 0.1) is 6.04 Å². The molecule has 1 rings (SSSR count). The lowest BCUT2D eigenvalue weighted by molar-refractivity contribution is -0.132. The van der Waals surface area contributed by atoms with Crippen molar-refractivity contribution >= 4 is 5.91 Å². The lowest BCUT2D eigenvalue weighted by atomic mass is 10.1. The van der Waals surface area contributed by atoms with Crippen LogP contribution < -0.4 is 5.73 Å². The molecular formula is C12H24N2O. The minimum Gasteiger partial charge on any atom is -0.342 e. The van der Waals surface area contributed by atoms with E-state index >= 15 is 0 Å². The van der Waals surface area contributed by atoms with Gasteiger partial charge < -0.3 is 10.6 Å². The summed E-state index contributed by atoms with van der Waals surface area (Å²) in [6.45, 7) is 3.72. The van der Waals surface area contributed by atoms with E-state index in [0.717, 1.165) is 32.4 Å². The maximum Gasteiger partial charge on any atom is 0.239 e. The van der Waals surface area contributed by atoms with Crippen molar-refractivity contribution in [2.75, 3.05) is 13.1 Å². The number of likely N-dealkylation sites (N-methyl/N-ethyl adjacent to an activating group) is 1. The zero-order valence-electron chi connectivity index (χ0n) is 9.87. The van der Waals surface area contributed by atoms with Gasteiger partial charge in [0, 0.05) is 13.1 Å². The van der Waals surface area contributed by atoms with E-state index in [4.69, 9.17) is 5.73 Å². The quantitative estimate of drug-likeness (QED) is 0.721. The molecule has 0 aromatic rings. The van der Waals surface area contributed by atoms with Gasteiger partial charge in [-0.25, -0.2) is 0 Å². The van der Waals surface area contributed by atoms with Crippen molar-refractivity contribution in [3.8, 4) is 0 Å². The van der Waals surface area contributed by atoms with Gasteiger partial charge in [0.1, 0.15) is 0 Å². The highest BCUT2D eigenvalue weighted by molar-refractivity contribution is 5.81. The van der Waals surface area contributed by atoms with Crippen molar-refractivity contribution < 1.29 is 4.79 Å². The molecule has 1 aliphatic rings. The summed E-state index contributed by atoms with van der Waals surface area (Å²) < 4.78 is 0. The zero-order valence-corrected chi connectivity index (χ0v) is 9.87. The first-order valence-corrected chi connectivity index (χ1v) is 6.30. The standard InChI is InChI=1S/C12H24N2O/c1-2-14-10-8-6-4-3-5-7-9-11(13)12(14)15/h11H,2-10,13H2,1H3. The third-order valence-electron chi connectivity index (χ3n) is 3.20. The molecule has 2 N–H and O–H groups in total. The number of nitrogens with two attached hydrogens (primary N) is 1. The molecule has 0 saturated carbocycles. The van der Waals surface area contributed by atoms with Crippen LogP contribution >= 0.6 is 0 Å². The number of hydrogen-bond donors (Lipinski definition) is 1. The van der Waals surface area contributed by atoms with Crippen LogP contribution in [0.15, 0.2) is 0 Å². The van der Waals surface area contributed by atoms with Crippen molar-refractivity contribution in [1.29, 1.82) is 0 Å². The first kappa shape index (κ1) is 12.5. The van der Waals surface area contributed by atoms with Crippen LogP contribution in [0.3, 0.4) is 0 Å².